The average Bonchev–Trinajstić information content (AvgIpc) is 2.70. The van der Waals surface area contributed by atoms with E-state index in [-0.39, 0.29) is 18.0 Å². The van der Waals surface area contributed by atoms with Gasteiger partial charge in [0.15, 0.2) is 0 Å². The zero-order chi connectivity index (χ0) is 19.4. The third-order valence-electron chi connectivity index (χ3n) is 6.13. The second kappa shape index (κ2) is 8.32. The number of rotatable bonds is 6. The van der Waals surface area contributed by atoms with Crippen LogP contribution in [0, 0.1) is 5.92 Å². The van der Waals surface area contributed by atoms with E-state index in [1.54, 1.807) is 14.2 Å². The molecule has 1 fully saturated rings. The summed E-state index contributed by atoms with van der Waals surface area (Å²) in [5.41, 5.74) is 1.80. The fourth-order valence-corrected chi connectivity index (χ4v) is 4.45. The van der Waals surface area contributed by atoms with Crippen molar-refractivity contribution >= 4 is 0 Å². The summed E-state index contributed by atoms with van der Waals surface area (Å²) in [7, 11) is 3.37. The molecule has 0 spiro atoms. The van der Waals surface area contributed by atoms with Gasteiger partial charge in [0.1, 0.15) is 23.6 Å². The summed E-state index contributed by atoms with van der Waals surface area (Å²) in [6.45, 7) is 4.33. The van der Waals surface area contributed by atoms with Gasteiger partial charge in [0, 0.05) is 23.5 Å². The molecular formula is C23H32NO3+. The quantitative estimate of drug-likeness (QED) is 0.817. The molecule has 0 bridgehead atoms. The molecule has 4 atom stereocenters. The minimum Gasteiger partial charge on any atom is -0.497 e. The topological polar surface area (TPSA) is 55.3 Å². The van der Waals surface area contributed by atoms with Crippen LogP contribution in [0.15, 0.2) is 48.5 Å². The second-order valence-electron chi connectivity index (χ2n) is 7.72. The summed E-state index contributed by atoms with van der Waals surface area (Å²) >= 11 is 0. The molecule has 1 saturated heterocycles. The van der Waals surface area contributed by atoms with E-state index >= 15 is 0 Å². The SMILES string of the molecule is CCC[C@]1(O)C[C@H](c2ccc(OC)cc2)[NH2+][C@H](c2ccc(OC)cc2)[C@@H]1C. The Morgan fingerprint density at radius 3 is 1.96 bits per heavy atom. The highest BCUT2D eigenvalue weighted by Gasteiger charge is 2.48. The largest absolute Gasteiger partial charge is 0.497 e. The number of quaternary nitrogens is 1. The molecule has 1 heterocycles. The minimum absolute atomic E-state index is 0.167. The Balaban J connectivity index is 1.93. The Bertz CT molecular complexity index is 728. The van der Waals surface area contributed by atoms with Crippen LogP contribution >= 0.6 is 0 Å². The predicted octanol–water partition coefficient (Wildman–Crippen LogP) is 3.62. The zero-order valence-electron chi connectivity index (χ0n) is 16.8. The summed E-state index contributed by atoms with van der Waals surface area (Å²) in [5, 5.41) is 14.0. The van der Waals surface area contributed by atoms with Gasteiger partial charge in [-0.2, -0.15) is 0 Å². The van der Waals surface area contributed by atoms with Crippen LogP contribution in [0.25, 0.3) is 0 Å². The molecule has 1 aliphatic heterocycles. The lowest BCUT2D eigenvalue weighted by Crippen LogP contribution is -2.91. The summed E-state index contributed by atoms with van der Waals surface area (Å²) < 4.78 is 10.6. The van der Waals surface area contributed by atoms with Crippen molar-refractivity contribution < 1.29 is 19.9 Å². The predicted molar refractivity (Wildman–Crippen MR) is 107 cm³/mol. The van der Waals surface area contributed by atoms with Gasteiger partial charge in [0.25, 0.3) is 0 Å². The molecule has 1 aliphatic rings. The monoisotopic (exact) mass is 370 g/mol. The number of ether oxygens (including phenoxy) is 2. The van der Waals surface area contributed by atoms with E-state index in [0.29, 0.717) is 0 Å². The van der Waals surface area contributed by atoms with Gasteiger partial charge in [-0.3, -0.25) is 0 Å². The molecule has 146 valence electrons. The molecule has 3 rings (SSSR count). The molecule has 0 aliphatic carbocycles. The smallest absolute Gasteiger partial charge is 0.118 e. The van der Waals surface area contributed by atoms with E-state index in [1.165, 1.54) is 11.1 Å². The van der Waals surface area contributed by atoms with E-state index in [0.717, 1.165) is 30.8 Å². The first-order valence-electron chi connectivity index (χ1n) is 9.86. The average molecular weight is 371 g/mol. The van der Waals surface area contributed by atoms with Crippen molar-refractivity contribution in [3.63, 3.8) is 0 Å². The van der Waals surface area contributed by atoms with Crippen LogP contribution in [0.4, 0.5) is 0 Å². The lowest BCUT2D eigenvalue weighted by atomic mass is 9.70. The molecule has 4 heteroatoms. The first-order valence-corrected chi connectivity index (χ1v) is 9.86. The van der Waals surface area contributed by atoms with Crippen LogP contribution in [-0.4, -0.2) is 24.9 Å². The van der Waals surface area contributed by atoms with Gasteiger partial charge in [-0.25, -0.2) is 0 Å². The number of methoxy groups -OCH3 is 2. The Morgan fingerprint density at radius 2 is 1.48 bits per heavy atom. The standard InChI is InChI=1S/C23H31NO3/c1-5-14-23(25)15-21(17-6-10-19(26-3)11-7-17)24-22(16(23)2)18-8-12-20(27-4)13-9-18/h6-13,16,21-22,24-25H,5,14-15H2,1-4H3/p+1/t16-,21+,22-,23-/m0/s1. The van der Waals surface area contributed by atoms with Crippen molar-refractivity contribution in [1.82, 2.24) is 0 Å². The summed E-state index contributed by atoms with van der Waals surface area (Å²) in [6.07, 6.45) is 2.56. The maximum Gasteiger partial charge on any atom is 0.118 e. The van der Waals surface area contributed by atoms with Crippen molar-refractivity contribution in [2.75, 3.05) is 14.2 Å². The number of hydrogen-bond acceptors (Lipinski definition) is 3. The molecule has 0 amide bonds. The molecule has 4 nitrogen and oxygen atoms in total. The summed E-state index contributed by atoms with van der Waals surface area (Å²) in [5.74, 6) is 1.89. The molecule has 3 N–H and O–H groups in total. The van der Waals surface area contributed by atoms with Gasteiger partial charge < -0.3 is 19.9 Å². The Morgan fingerprint density at radius 1 is 0.963 bits per heavy atom. The number of aliphatic hydroxyl groups is 1. The van der Waals surface area contributed by atoms with Crippen molar-refractivity contribution in [3.05, 3.63) is 59.7 Å². The molecule has 0 saturated carbocycles. The summed E-state index contributed by atoms with van der Waals surface area (Å²) in [6, 6.07) is 16.9. The van der Waals surface area contributed by atoms with E-state index in [9.17, 15) is 5.11 Å². The highest BCUT2D eigenvalue weighted by molar-refractivity contribution is 5.31. The minimum atomic E-state index is -0.668. The van der Waals surface area contributed by atoms with E-state index in [4.69, 9.17) is 9.47 Å². The van der Waals surface area contributed by atoms with Gasteiger partial charge in [-0.15, -0.1) is 0 Å². The molecule has 0 aromatic heterocycles. The fraction of sp³-hybridized carbons (Fsp3) is 0.478. The van der Waals surface area contributed by atoms with Crippen molar-refractivity contribution in [2.24, 2.45) is 5.92 Å². The highest BCUT2D eigenvalue weighted by atomic mass is 16.5. The summed E-state index contributed by atoms with van der Waals surface area (Å²) in [4.78, 5) is 0. The van der Waals surface area contributed by atoms with Crippen molar-refractivity contribution in [2.45, 2.75) is 50.8 Å². The third-order valence-corrected chi connectivity index (χ3v) is 6.13. The number of piperidine rings is 1. The van der Waals surface area contributed by atoms with Crippen LogP contribution in [-0.2, 0) is 0 Å². The van der Waals surface area contributed by atoms with Crippen LogP contribution in [0.3, 0.4) is 0 Å². The van der Waals surface area contributed by atoms with E-state index in [2.05, 4.69) is 43.4 Å². The fourth-order valence-electron chi connectivity index (χ4n) is 4.45. The maximum atomic E-state index is 11.5. The van der Waals surface area contributed by atoms with Crippen LogP contribution in [0.1, 0.15) is 56.3 Å². The van der Waals surface area contributed by atoms with Gasteiger partial charge in [0.05, 0.1) is 19.8 Å². The number of benzene rings is 2. The van der Waals surface area contributed by atoms with E-state index < -0.39 is 5.60 Å². The Hall–Kier alpha value is -2.04. The number of hydrogen-bond donors (Lipinski definition) is 2. The Labute approximate surface area is 162 Å². The molecule has 2 aromatic rings. The lowest BCUT2D eigenvalue weighted by Gasteiger charge is -2.45. The zero-order valence-corrected chi connectivity index (χ0v) is 16.8. The molecular weight excluding hydrogens is 338 g/mol. The van der Waals surface area contributed by atoms with Crippen molar-refractivity contribution in [3.8, 4) is 11.5 Å². The lowest BCUT2D eigenvalue weighted by molar-refractivity contribution is -0.756. The maximum absolute atomic E-state index is 11.5. The first kappa shape index (κ1) is 19.7. The highest BCUT2D eigenvalue weighted by Crippen LogP contribution is 2.41. The third kappa shape index (κ3) is 4.12. The molecule has 0 radical (unpaired) electrons. The van der Waals surface area contributed by atoms with Gasteiger partial charge >= 0.3 is 0 Å². The van der Waals surface area contributed by atoms with Gasteiger partial charge in [0.2, 0.25) is 0 Å². The van der Waals surface area contributed by atoms with Crippen LogP contribution in [0.2, 0.25) is 0 Å². The van der Waals surface area contributed by atoms with Gasteiger partial charge in [-0.1, -0.05) is 20.3 Å². The Kier molecular flexibility index (Phi) is 6.08. The second-order valence-corrected chi connectivity index (χ2v) is 7.72. The van der Waals surface area contributed by atoms with Crippen LogP contribution < -0.4 is 14.8 Å². The normalized spacial score (nSPS) is 28.0. The van der Waals surface area contributed by atoms with Crippen molar-refractivity contribution in [1.29, 1.82) is 0 Å². The molecule has 2 aromatic carbocycles. The first-order chi connectivity index (χ1) is 13.0. The van der Waals surface area contributed by atoms with E-state index in [1.807, 2.05) is 24.3 Å². The van der Waals surface area contributed by atoms with Gasteiger partial charge in [-0.05, 0) is 55.0 Å². The molecule has 27 heavy (non-hydrogen) atoms. The van der Waals surface area contributed by atoms with Crippen LogP contribution in [0.5, 0.6) is 11.5 Å². The number of nitrogens with two attached hydrogens (primary N) is 1. The molecule has 0 unspecified atom stereocenters.